The second kappa shape index (κ2) is 5.90. The minimum atomic E-state index is -0.191. The van der Waals surface area contributed by atoms with Crippen molar-refractivity contribution in [2.24, 2.45) is 0 Å². The van der Waals surface area contributed by atoms with Crippen LogP contribution in [0.4, 0.5) is 0 Å². The van der Waals surface area contributed by atoms with E-state index in [1.165, 1.54) is 5.56 Å². The first kappa shape index (κ1) is 14.1. The average Bonchev–Trinajstić information content (AvgIpc) is 3.23. The molecule has 1 aliphatic rings. The summed E-state index contributed by atoms with van der Waals surface area (Å²) < 4.78 is 5.88. The summed E-state index contributed by atoms with van der Waals surface area (Å²) in [6.07, 6.45) is 3.09. The molecule has 2 aromatic rings. The van der Waals surface area contributed by atoms with Gasteiger partial charge in [0.05, 0.1) is 6.04 Å². The summed E-state index contributed by atoms with van der Waals surface area (Å²) in [6, 6.07) is 8.27. The number of carbonyl (C=O) groups excluding carboxylic acids is 1. The second-order valence-electron chi connectivity index (χ2n) is 5.74. The maximum Gasteiger partial charge on any atom is 0.237 e. The predicted octanol–water partition coefficient (Wildman–Crippen LogP) is 2.75. The number of carbonyl (C=O) groups is 1. The summed E-state index contributed by atoms with van der Waals surface area (Å²) in [4.78, 5) is 12.0. The molecule has 1 aliphatic carbocycles. The number of rotatable bonds is 6. The molecule has 0 radical (unpaired) electrons. The van der Waals surface area contributed by atoms with Crippen molar-refractivity contribution in [3.8, 4) is 0 Å². The molecular formula is C17H22N2O2. The molecule has 3 rings (SSSR count). The number of hydrogen-bond donors (Lipinski definition) is 2. The van der Waals surface area contributed by atoms with Crippen molar-refractivity contribution in [3.63, 3.8) is 0 Å². The van der Waals surface area contributed by atoms with Gasteiger partial charge in [0.1, 0.15) is 11.3 Å². The Morgan fingerprint density at radius 1 is 1.38 bits per heavy atom. The lowest BCUT2D eigenvalue weighted by molar-refractivity contribution is -0.122. The molecule has 0 bridgehead atoms. The van der Waals surface area contributed by atoms with Gasteiger partial charge in [-0.1, -0.05) is 25.1 Å². The van der Waals surface area contributed by atoms with E-state index >= 15 is 0 Å². The van der Waals surface area contributed by atoms with Crippen LogP contribution in [0.2, 0.25) is 0 Å². The van der Waals surface area contributed by atoms with E-state index in [2.05, 4.69) is 23.6 Å². The Balaban J connectivity index is 1.70. The topological polar surface area (TPSA) is 54.3 Å². The highest BCUT2D eigenvalue weighted by Crippen LogP contribution is 2.26. The maximum atomic E-state index is 12.0. The molecule has 1 atom stereocenters. The summed E-state index contributed by atoms with van der Waals surface area (Å²) in [5.74, 6) is 1.09. The fourth-order valence-corrected chi connectivity index (χ4v) is 2.53. The van der Waals surface area contributed by atoms with E-state index in [1.54, 1.807) is 0 Å². The Kier molecular flexibility index (Phi) is 3.97. The lowest BCUT2D eigenvalue weighted by Crippen LogP contribution is -2.42. The molecule has 0 aliphatic heterocycles. The number of benzene rings is 1. The van der Waals surface area contributed by atoms with Crippen molar-refractivity contribution in [3.05, 3.63) is 35.6 Å². The number of hydrogen-bond acceptors (Lipinski definition) is 3. The minimum Gasteiger partial charge on any atom is -0.461 e. The lowest BCUT2D eigenvalue weighted by Gasteiger charge is -2.13. The average molecular weight is 286 g/mol. The van der Waals surface area contributed by atoms with E-state index in [1.807, 2.05) is 25.1 Å². The third-order valence-electron chi connectivity index (χ3n) is 4.01. The van der Waals surface area contributed by atoms with E-state index < -0.39 is 0 Å². The van der Waals surface area contributed by atoms with Crippen LogP contribution in [-0.4, -0.2) is 18.0 Å². The van der Waals surface area contributed by atoms with Crippen LogP contribution in [0.1, 0.15) is 38.0 Å². The number of amides is 1. The van der Waals surface area contributed by atoms with Gasteiger partial charge in [0.25, 0.3) is 0 Å². The van der Waals surface area contributed by atoms with E-state index in [-0.39, 0.29) is 11.9 Å². The highest BCUT2D eigenvalue weighted by atomic mass is 16.3. The highest BCUT2D eigenvalue weighted by Gasteiger charge is 2.25. The van der Waals surface area contributed by atoms with Crippen molar-refractivity contribution >= 4 is 16.9 Å². The number of aryl methyl sites for hydroxylation is 1. The molecule has 1 aromatic heterocycles. The van der Waals surface area contributed by atoms with Gasteiger partial charge in [0.15, 0.2) is 0 Å². The summed E-state index contributed by atoms with van der Waals surface area (Å²) >= 11 is 0. The Hall–Kier alpha value is -1.81. The van der Waals surface area contributed by atoms with E-state index in [0.29, 0.717) is 12.6 Å². The van der Waals surface area contributed by atoms with Gasteiger partial charge in [-0.05, 0) is 25.8 Å². The van der Waals surface area contributed by atoms with Crippen LogP contribution in [0.15, 0.2) is 28.7 Å². The summed E-state index contributed by atoms with van der Waals surface area (Å²) in [5, 5.41) is 7.47. The van der Waals surface area contributed by atoms with Gasteiger partial charge in [-0.3, -0.25) is 4.79 Å². The molecule has 1 aromatic carbocycles. The monoisotopic (exact) mass is 286 g/mol. The number of furan rings is 1. The molecule has 0 saturated heterocycles. The summed E-state index contributed by atoms with van der Waals surface area (Å²) in [6.45, 7) is 4.65. The predicted molar refractivity (Wildman–Crippen MR) is 83.1 cm³/mol. The first-order valence-corrected chi connectivity index (χ1v) is 7.72. The van der Waals surface area contributed by atoms with Gasteiger partial charge in [0, 0.05) is 30.0 Å². The van der Waals surface area contributed by atoms with Crippen LogP contribution in [-0.2, 0) is 17.8 Å². The van der Waals surface area contributed by atoms with Gasteiger partial charge in [0.2, 0.25) is 5.91 Å². The van der Waals surface area contributed by atoms with E-state index in [0.717, 1.165) is 36.0 Å². The zero-order valence-corrected chi connectivity index (χ0v) is 12.6. The van der Waals surface area contributed by atoms with Crippen LogP contribution >= 0.6 is 0 Å². The molecule has 1 amide bonds. The first-order valence-electron chi connectivity index (χ1n) is 7.72. The first-order chi connectivity index (χ1) is 10.2. The Bertz CT molecular complexity index is 643. The molecule has 1 heterocycles. The van der Waals surface area contributed by atoms with E-state index in [9.17, 15) is 4.79 Å². The SMILES string of the molecule is CCc1oc2ccccc2c1CNC(C)C(=O)NC1CC1. The number of nitrogens with one attached hydrogen (secondary N) is 2. The second-order valence-corrected chi connectivity index (χ2v) is 5.74. The quantitative estimate of drug-likeness (QED) is 0.858. The molecule has 1 unspecified atom stereocenters. The van der Waals surface area contributed by atoms with Crippen molar-refractivity contribution in [2.45, 2.75) is 51.7 Å². The van der Waals surface area contributed by atoms with Gasteiger partial charge < -0.3 is 15.1 Å². The smallest absolute Gasteiger partial charge is 0.237 e. The molecule has 4 heteroatoms. The van der Waals surface area contributed by atoms with E-state index in [4.69, 9.17) is 4.42 Å². The maximum absolute atomic E-state index is 12.0. The van der Waals surface area contributed by atoms with Crippen LogP contribution in [0.3, 0.4) is 0 Å². The molecule has 0 spiro atoms. The van der Waals surface area contributed by atoms with Crippen molar-refractivity contribution in [2.75, 3.05) is 0 Å². The molecule has 2 N–H and O–H groups in total. The highest BCUT2D eigenvalue weighted by molar-refractivity contribution is 5.83. The van der Waals surface area contributed by atoms with Crippen molar-refractivity contribution in [1.29, 1.82) is 0 Å². The number of para-hydroxylation sites is 1. The van der Waals surface area contributed by atoms with Crippen LogP contribution in [0, 0.1) is 0 Å². The Morgan fingerprint density at radius 3 is 2.86 bits per heavy atom. The summed E-state index contributed by atoms with van der Waals surface area (Å²) in [5.41, 5.74) is 2.08. The summed E-state index contributed by atoms with van der Waals surface area (Å²) in [7, 11) is 0. The van der Waals surface area contributed by atoms with Crippen molar-refractivity contribution in [1.82, 2.24) is 10.6 Å². The molecular weight excluding hydrogens is 264 g/mol. The standard InChI is InChI=1S/C17H22N2O2/c1-3-15-14(13-6-4-5-7-16(13)21-15)10-18-11(2)17(20)19-12-8-9-12/h4-7,11-12,18H,3,8-10H2,1-2H3,(H,19,20). The van der Waals surface area contributed by atoms with Crippen LogP contribution in [0.5, 0.6) is 0 Å². The van der Waals surface area contributed by atoms with Gasteiger partial charge in [-0.2, -0.15) is 0 Å². The van der Waals surface area contributed by atoms with Gasteiger partial charge in [-0.15, -0.1) is 0 Å². The minimum absolute atomic E-state index is 0.0864. The molecule has 112 valence electrons. The van der Waals surface area contributed by atoms with Gasteiger partial charge in [-0.25, -0.2) is 0 Å². The fourth-order valence-electron chi connectivity index (χ4n) is 2.53. The Morgan fingerprint density at radius 2 is 2.14 bits per heavy atom. The molecule has 1 fully saturated rings. The zero-order valence-electron chi connectivity index (χ0n) is 12.6. The third-order valence-corrected chi connectivity index (χ3v) is 4.01. The lowest BCUT2D eigenvalue weighted by atomic mass is 10.1. The fraction of sp³-hybridized carbons (Fsp3) is 0.471. The normalized spacial score (nSPS) is 16.1. The largest absolute Gasteiger partial charge is 0.461 e. The zero-order chi connectivity index (χ0) is 14.8. The van der Waals surface area contributed by atoms with Crippen LogP contribution in [0.25, 0.3) is 11.0 Å². The molecule has 21 heavy (non-hydrogen) atoms. The van der Waals surface area contributed by atoms with Gasteiger partial charge >= 0.3 is 0 Å². The van der Waals surface area contributed by atoms with Crippen molar-refractivity contribution < 1.29 is 9.21 Å². The number of fused-ring (bicyclic) bond motifs is 1. The Labute approximate surface area is 124 Å². The van der Waals surface area contributed by atoms with Crippen LogP contribution < -0.4 is 10.6 Å². The molecule has 4 nitrogen and oxygen atoms in total. The molecule has 1 saturated carbocycles. The third kappa shape index (κ3) is 3.10.